The molecule has 0 radical (unpaired) electrons. The van der Waals surface area contributed by atoms with Crippen LogP contribution in [0.4, 0.5) is 13.2 Å². The highest BCUT2D eigenvalue weighted by Gasteiger charge is 2.38. The Morgan fingerprint density at radius 2 is 1.93 bits per heavy atom. The fraction of sp³-hybridized carbons (Fsp3) is 0.200. The van der Waals surface area contributed by atoms with Crippen molar-refractivity contribution < 1.29 is 26.7 Å². The van der Waals surface area contributed by atoms with Gasteiger partial charge in [-0.25, -0.2) is 9.19 Å². The second-order valence-corrected chi connectivity index (χ2v) is 7.79. The molecule has 3 aromatic rings. The molecule has 0 bridgehead atoms. The highest BCUT2D eigenvalue weighted by molar-refractivity contribution is 7.93. The van der Waals surface area contributed by atoms with Crippen LogP contribution in [0.25, 0.3) is 11.4 Å². The van der Waals surface area contributed by atoms with Crippen LogP contribution >= 0.6 is 0 Å². The molecule has 1 atom stereocenters. The molecular weight excluding hydrogens is 387 g/mol. The normalized spacial score (nSPS) is 14.0. The first kappa shape index (κ1) is 18.8. The maximum Gasteiger partial charge on any atom is 0.471 e. The molecule has 1 unspecified atom stereocenters. The molecule has 0 aliphatic carbocycles. The molecule has 0 aliphatic rings. The van der Waals surface area contributed by atoms with Gasteiger partial charge in [0.2, 0.25) is 5.82 Å². The third-order valence-corrected chi connectivity index (χ3v) is 5.17. The number of rotatable bonds is 3. The predicted molar refractivity (Wildman–Crippen MR) is 87.0 cm³/mol. The van der Waals surface area contributed by atoms with Crippen LogP contribution in [0.15, 0.2) is 50.6 Å². The lowest BCUT2D eigenvalue weighted by Gasteiger charge is -2.05. The maximum atomic E-state index is 12.8. The molecular formula is C15H12F3N5O3S. The van der Waals surface area contributed by atoms with E-state index in [-0.39, 0.29) is 22.0 Å². The first-order valence-electron chi connectivity index (χ1n) is 7.32. The molecule has 2 heterocycles. The first-order valence-corrected chi connectivity index (χ1v) is 9.24. The fourth-order valence-corrected chi connectivity index (χ4v) is 3.29. The summed E-state index contributed by atoms with van der Waals surface area (Å²) in [6.45, 7) is 0. The molecule has 3 rings (SSSR count). The van der Waals surface area contributed by atoms with E-state index < -0.39 is 27.7 Å². The largest absolute Gasteiger partial charge is 0.471 e. The monoisotopic (exact) mass is 399 g/mol. The van der Waals surface area contributed by atoms with E-state index in [1.54, 1.807) is 7.05 Å². The van der Waals surface area contributed by atoms with Gasteiger partial charge in [-0.2, -0.15) is 22.5 Å². The fourth-order valence-electron chi connectivity index (χ4n) is 2.13. The van der Waals surface area contributed by atoms with E-state index in [4.69, 9.17) is 0 Å². The summed E-state index contributed by atoms with van der Waals surface area (Å²) in [5.41, 5.74) is 0.402. The number of hydrogen-bond acceptors (Lipinski definition) is 6. The molecule has 142 valence electrons. The SMILES string of the molecule is Cn1cncc1C(=O)N=S(C)(=O)c1ccc(-c2noc(C(F)(F)F)n2)cc1. The Bertz CT molecular complexity index is 1110. The summed E-state index contributed by atoms with van der Waals surface area (Å²) in [5, 5.41) is 3.27. The number of aryl methyl sites for hydroxylation is 1. The van der Waals surface area contributed by atoms with E-state index in [1.807, 2.05) is 0 Å². The molecule has 1 aromatic carbocycles. The second kappa shape index (κ2) is 6.61. The molecule has 1 amide bonds. The third-order valence-electron chi connectivity index (χ3n) is 3.51. The molecule has 8 nitrogen and oxygen atoms in total. The van der Waals surface area contributed by atoms with Gasteiger partial charge in [0.05, 0.1) is 22.3 Å². The van der Waals surface area contributed by atoms with Crippen molar-refractivity contribution in [2.24, 2.45) is 11.4 Å². The minimum atomic E-state index is -4.74. The minimum Gasteiger partial charge on any atom is -0.330 e. The Morgan fingerprint density at radius 3 is 2.44 bits per heavy atom. The lowest BCUT2D eigenvalue weighted by Crippen LogP contribution is -2.07. The van der Waals surface area contributed by atoms with Crippen molar-refractivity contribution in [3.63, 3.8) is 0 Å². The average Bonchev–Trinajstić information content (AvgIpc) is 3.23. The van der Waals surface area contributed by atoms with Gasteiger partial charge in [0.15, 0.2) is 0 Å². The zero-order valence-electron chi connectivity index (χ0n) is 14.0. The van der Waals surface area contributed by atoms with Crippen molar-refractivity contribution in [2.45, 2.75) is 11.1 Å². The quantitative estimate of drug-likeness (QED) is 0.671. The number of alkyl halides is 3. The van der Waals surface area contributed by atoms with E-state index in [1.165, 1.54) is 47.6 Å². The third kappa shape index (κ3) is 3.89. The van der Waals surface area contributed by atoms with Gasteiger partial charge in [-0.3, -0.25) is 4.79 Å². The van der Waals surface area contributed by atoms with Gasteiger partial charge in [-0.1, -0.05) is 5.16 Å². The molecule has 0 N–H and O–H groups in total. The zero-order valence-corrected chi connectivity index (χ0v) is 14.8. The summed E-state index contributed by atoms with van der Waals surface area (Å²) in [6, 6.07) is 5.49. The van der Waals surface area contributed by atoms with Crippen LogP contribution in [0, 0.1) is 0 Å². The lowest BCUT2D eigenvalue weighted by atomic mass is 10.2. The summed E-state index contributed by atoms with van der Waals surface area (Å²) in [6.07, 6.45) is -0.742. The number of aromatic nitrogens is 4. The van der Waals surface area contributed by atoms with Crippen LogP contribution in [-0.2, 0) is 23.0 Å². The van der Waals surface area contributed by atoms with Gasteiger partial charge in [-0.15, -0.1) is 0 Å². The Morgan fingerprint density at radius 1 is 1.26 bits per heavy atom. The molecule has 0 aliphatic heterocycles. The predicted octanol–water partition coefficient (Wildman–Crippen LogP) is 2.79. The number of halogens is 3. The highest BCUT2D eigenvalue weighted by atomic mass is 32.2. The summed E-state index contributed by atoms with van der Waals surface area (Å²) < 4.78 is 59.7. The zero-order chi connectivity index (χ0) is 19.8. The smallest absolute Gasteiger partial charge is 0.330 e. The number of benzene rings is 1. The van der Waals surface area contributed by atoms with E-state index in [2.05, 4.69) is 24.0 Å². The van der Waals surface area contributed by atoms with Crippen molar-refractivity contribution in [1.82, 2.24) is 19.7 Å². The number of hydrogen-bond donors (Lipinski definition) is 0. The van der Waals surface area contributed by atoms with E-state index >= 15 is 0 Å². The second-order valence-electron chi connectivity index (χ2n) is 5.53. The van der Waals surface area contributed by atoms with Gasteiger partial charge in [0.25, 0.3) is 0 Å². The molecule has 0 fully saturated rings. The Kier molecular flexibility index (Phi) is 4.59. The summed E-state index contributed by atoms with van der Waals surface area (Å²) in [7, 11) is -1.48. The van der Waals surface area contributed by atoms with Crippen molar-refractivity contribution in [1.29, 1.82) is 0 Å². The van der Waals surface area contributed by atoms with Crippen LogP contribution in [0.1, 0.15) is 16.4 Å². The molecule has 0 spiro atoms. The molecule has 0 saturated carbocycles. The standard InChI is InChI=1S/C15H12F3N5O3S/c1-23-8-19-7-11(23)13(24)22-27(2,25)10-5-3-9(4-6-10)12-20-14(26-21-12)15(16,17)18/h3-8H,1-2H3. The van der Waals surface area contributed by atoms with Crippen LogP contribution in [0.5, 0.6) is 0 Å². The van der Waals surface area contributed by atoms with Crippen LogP contribution in [0.2, 0.25) is 0 Å². The molecule has 2 aromatic heterocycles. The number of imidazole rings is 1. The number of carbonyl (C=O) groups excluding carboxylic acids is 1. The number of carbonyl (C=O) groups is 1. The van der Waals surface area contributed by atoms with Crippen molar-refractivity contribution in [3.8, 4) is 11.4 Å². The Labute approximate surface area is 151 Å². The highest BCUT2D eigenvalue weighted by Crippen LogP contribution is 2.29. The summed E-state index contributed by atoms with van der Waals surface area (Å²) in [4.78, 5) is 19.4. The van der Waals surface area contributed by atoms with Crippen LogP contribution in [-0.4, -0.2) is 36.1 Å². The maximum absolute atomic E-state index is 12.8. The molecule has 0 saturated heterocycles. The van der Waals surface area contributed by atoms with Crippen molar-refractivity contribution in [2.75, 3.05) is 6.26 Å². The summed E-state index contributed by atoms with van der Waals surface area (Å²) in [5.74, 6) is -2.42. The first-order chi connectivity index (χ1) is 12.6. The van der Waals surface area contributed by atoms with Gasteiger partial charge in [0, 0.05) is 23.8 Å². The van der Waals surface area contributed by atoms with E-state index in [0.717, 1.165) is 0 Å². The summed E-state index contributed by atoms with van der Waals surface area (Å²) >= 11 is 0. The van der Waals surface area contributed by atoms with Crippen LogP contribution < -0.4 is 0 Å². The van der Waals surface area contributed by atoms with Gasteiger partial charge >= 0.3 is 18.0 Å². The number of nitrogens with zero attached hydrogens (tertiary/aromatic N) is 5. The van der Waals surface area contributed by atoms with Gasteiger partial charge < -0.3 is 9.09 Å². The Balaban J connectivity index is 1.89. The number of amides is 1. The average molecular weight is 399 g/mol. The van der Waals surface area contributed by atoms with Crippen LogP contribution in [0.3, 0.4) is 0 Å². The van der Waals surface area contributed by atoms with E-state index in [0.29, 0.717) is 0 Å². The minimum absolute atomic E-state index is 0.174. The topological polar surface area (TPSA) is 103 Å². The van der Waals surface area contributed by atoms with Crippen molar-refractivity contribution >= 4 is 15.6 Å². The van der Waals surface area contributed by atoms with Gasteiger partial charge in [0.1, 0.15) is 5.69 Å². The van der Waals surface area contributed by atoms with Crippen molar-refractivity contribution in [3.05, 3.63) is 48.4 Å². The Hall–Kier alpha value is -3.02. The molecule has 27 heavy (non-hydrogen) atoms. The van der Waals surface area contributed by atoms with Gasteiger partial charge in [-0.05, 0) is 24.3 Å². The lowest BCUT2D eigenvalue weighted by molar-refractivity contribution is -0.159. The van der Waals surface area contributed by atoms with E-state index in [9.17, 15) is 22.2 Å². The molecule has 12 heteroatoms.